The second-order valence-electron chi connectivity index (χ2n) is 21.9. The highest BCUT2D eigenvalue weighted by molar-refractivity contribution is 9.10. The number of unbranched alkanes of at least 4 members (excludes halogenated alkanes) is 3. The third-order valence-electron chi connectivity index (χ3n) is 16.0. The number of β-amino-alcohol motifs (C(OH)–C–C–N with tert-alkyl or cyclic N) is 1. The van der Waals surface area contributed by atoms with Crippen molar-refractivity contribution < 1.29 is 14.7 Å². The number of nitrogens with zero attached hydrogens (tertiary/aromatic N) is 8. The second-order valence-corrected chi connectivity index (χ2v) is 23.6. The molecule has 1 saturated carbocycles. The molecule has 3 aromatic carbocycles. The third kappa shape index (κ3) is 9.80. The summed E-state index contributed by atoms with van der Waals surface area (Å²) in [6.07, 6.45) is 14.3. The molecule has 15 heteroatoms. The topological polar surface area (TPSA) is 151 Å². The molecule has 13 nitrogen and oxygen atoms in total. The fraction of sp³-hybridized carbons (Fsp3) is 0.518. The van der Waals surface area contributed by atoms with Gasteiger partial charge in [-0.15, -0.1) is 16.4 Å². The maximum Gasteiger partial charge on any atom is 0.281 e. The normalized spacial score (nSPS) is 20.1. The number of carbonyl (C=O) groups excluding carboxylic acids is 2. The van der Waals surface area contributed by atoms with Crippen LogP contribution >= 0.6 is 27.3 Å². The lowest BCUT2D eigenvalue weighted by Crippen LogP contribution is -2.50. The fourth-order valence-electron chi connectivity index (χ4n) is 12.2. The van der Waals surface area contributed by atoms with E-state index in [2.05, 4.69) is 70.3 Å². The van der Waals surface area contributed by atoms with Crippen LogP contribution in [0.15, 0.2) is 81.6 Å². The molecule has 10 rings (SSSR count). The molecule has 0 bridgehead atoms. The molecule has 1 spiro atoms. The molecular formula is C56H68BrN9O4S. The smallest absolute Gasteiger partial charge is 0.281 e. The summed E-state index contributed by atoms with van der Waals surface area (Å²) in [6, 6.07) is 19.5. The van der Waals surface area contributed by atoms with Crippen LogP contribution in [0.1, 0.15) is 157 Å². The SMILES string of the molecule is Cc1ncsc1-c1ccc([C@H](C)NC(=O)[C@@H]2C[C@@H](O)CN2C(=O)[C@@H](n2cc(CCCCCCN3CCC(c4ccc5c(c4)C4(CCCCC4)c4nc(=O)c6c(Br)cccc6n4-5)CC3)nn2)C(C)(C)C)cc1. The van der Waals surface area contributed by atoms with Crippen LogP contribution in [0.3, 0.4) is 0 Å². The van der Waals surface area contributed by atoms with Gasteiger partial charge in [0.05, 0.1) is 55.9 Å². The Morgan fingerprint density at radius 3 is 2.48 bits per heavy atom. The number of fused-ring (bicyclic) bond motifs is 7. The number of piperidine rings is 1. The molecule has 4 atom stereocenters. The molecule has 2 amide bonds. The molecule has 3 aliphatic heterocycles. The van der Waals surface area contributed by atoms with Gasteiger partial charge in [0.1, 0.15) is 17.9 Å². The summed E-state index contributed by atoms with van der Waals surface area (Å²) in [5.74, 6) is 0.938. The van der Waals surface area contributed by atoms with Crippen molar-refractivity contribution in [3.63, 3.8) is 0 Å². The Balaban J connectivity index is 0.698. The highest BCUT2D eigenvalue weighted by Gasteiger charge is 2.48. The summed E-state index contributed by atoms with van der Waals surface area (Å²) in [5.41, 5.74) is 9.78. The first-order valence-corrected chi connectivity index (χ1v) is 27.7. The van der Waals surface area contributed by atoms with Crippen molar-refractivity contribution in [2.45, 2.75) is 154 Å². The molecule has 374 valence electrons. The number of aryl methyl sites for hydroxylation is 2. The number of aromatic nitrogens is 6. The van der Waals surface area contributed by atoms with Crippen LogP contribution < -0.4 is 10.9 Å². The molecule has 4 aliphatic rings. The van der Waals surface area contributed by atoms with E-state index >= 15 is 0 Å². The van der Waals surface area contributed by atoms with Crippen LogP contribution in [-0.4, -0.2) is 94.6 Å². The zero-order chi connectivity index (χ0) is 49.6. The van der Waals surface area contributed by atoms with Gasteiger partial charge in [-0.2, -0.15) is 4.98 Å². The Morgan fingerprint density at radius 1 is 0.986 bits per heavy atom. The van der Waals surface area contributed by atoms with Crippen molar-refractivity contribution in [1.82, 2.24) is 44.6 Å². The van der Waals surface area contributed by atoms with E-state index in [0.717, 1.165) is 133 Å². The van der Waals surface area contributed by atoms with E-state index in [9.17, 15) is 19.5 Å². The number of benzene rings is 3. The predicted octanol–water partition coefficient (Wildman–Crippen LogP) is 10.1. The minimum absolute atomic E-state index is 0.0883. The lowest BCUT2D eigenvalue weighted by atomic mass is 9.69. The van der Waals surface area contributed by atoms with Gasteiger partial charge in [0.25, 0.3) is 5.56 Å². The number of hydrogen-bond acceptors (Lipinski definition) is 10. The van der Waals surface area contributed by atoms with Gasteiger partial charge >= 0.3 is 0 Å². The van der Waals surface area contributed by atoms with E-state index in [0.29, 0.717) is 11.3 Å². The molecule has 2 N–H and O–H groups in total. The molecule has 3 aromatic heterocycles. The molecule has 2 saturated heterocycles. The van der Waals surface area contributed by atoms with Crippen LogP contribution in [0, 0.1) is 12.3 Å². The van der Waals surface area contributed by atoms with Crippen molar-refractivity contribution >= 4 is 50.0 Å². The van der Waals surface area contributed by atoms with Gasteiger partial charge in [-0.1, -0.05) is 101 Å². The van der Waals surface area contributed by atoms with Crippen LogP contribution in [-0.2, 0) is 21.4 Å². The van der Waals surface area contributed by atoms with Crippen molar-refractivity contribution in [3.05, 3.63) is 121 Å². The molecule has 1 aliphatic carbocycles. The number of halogens is 1. The van der Waals surface area contributed by atoms with E-state index in [1.54, 1.807) is 20.9 Å². The molecule has 0 radical (unpaired) electrons. The summed E-state index contributed by atoms with van der Waals surface area (Å²) in [7, 11) is 0. The van der Waals surface area contributed by atoms with Gasteiger partial charge in [-0.3, -0.25) is 19.0 Å². The second kappa shape index (κ2) is 20.4. The van der Waals surface area contributed by atoms with Crippen LogP contribution in [0.4, 0.5) is 0 Å². The number of likely N-dealkylation sites (tertiary alicyclic amines) is 2. The first-order chi connectivity index (χ1) is 34.2. The number of aliphatic hydroxyl groups is 1. The largest absolute Gasteiger partial charge is 0.391 e. The average molecular weight is 1040 g/mol. The maximum atomic E-state index is 14.5. The van der Waals surface area contributed by atoms with Crippen LogP contribution in [0.25, 0.3) is 27.0 Å². The van der Waals surface area contributed by atoms with E-state index < -0.39 is 23.6 Å². The Bertz CT molecular complexity index is 2960. The molecule has 6 aromatic rings. The summed E-state index contributed by atoms with van der Waals surface area (Å²) in [4.78, 5) is 56.3. The molecule has 6 heterocycles. The molecule has 3 fully saturated rings. The average Bonchev–Trinajstić information content (AvgIpc) is 4.16. The van der Waals surface area contributed by atoms with Gasteiger partial charge < -0.3 is 20.2 Å². The Morgan fingerprint density at radius 2 is 1.75 bits per heavy atom. The number of thiazole rings is 1. The summed E-state index contributed by atoms with van der Waals surface area (Å²) in [5, 5.41) is 23.6. The van der Waals surface area contributed by atoms with Gasteiger partial charge in [-0.25, -0.2) is 9.67 Å². The van der Waals surface area contributed by atoms with E-state index in [4.69, 9.17) is 4.98 Å². The number of rotatable bonds is 14. The van der Waals surface area contributed by atoms with E-state index in [1.807, 2.05) is 82.7 Å². The van der Waals surface area contributed by atoms with Gasteiger partial charge in [0.15, 0.2) is 0 Å². The van der Waals surface area contributed by atoms with Crippen LogP contribution in [0.5, 0.6) is 0 Å². The lowest BCUT2D eigenvalue weighted by Gasteiger charge is -2.35. The third-order valence-corrected chi connectivity index (χ3v) is 17.7. The monoisotopic (exact) mass is 1040 g/mol. The van der Waals surface area contributed by atoms with Crippen molar-refractivity contribution in [2.75, 3.05) is 26.2 Å². The zero-order valence-electron chi connectivity index (χ0n) is 41.9. The number of aliphatic hydroxyl groups excluding tert-OH is 1. The van der Waals surface area contributed by atoms with Crippen LogP contribution in [0.2, 0.25) is 0 Å². The minimum Gasteiger partial charge on any atom is -0.391 e. The molecule has 71 heavy (non-hydrogen) atoms. The highest BCUT2D eigenvalue weighted by Crippen LogP contribution is 2.52. The summed E-state index contributed by atoms with van der Waals surface area (Å²) in [6.45, 7) is 13.3. The minimum atomic E-state index is -0.798. The first kappa shape index (κ1) is 49.5. The van der Waals surface area contributed by atoms with Crippen molar-refractivity contribution in [2.24, 2.45) is 5.41 Å². The molecule has 0 unspecified atom stereocenters. The van der Waals surface area contributed by atoms with E-state index in [1.165, 1.54) is 23.2 Å². The maximum absolute atomic E-state index is 14.5. The zero-order valence-corrected chi connectivity index (χ0v) is 44.3. The van der Waals surface area contributed by atoms with Crippen molar-refractivity contribution in [1.29, 1.82) is 0 Å². The molecular weight excluding hydrogens is 975 g/mol. The Hall–Kier alpha value is -5.09. The first-order valence-electron chi connectivity index (χ1n) is 26.0. The Labute approximate surface area is 429 Å². The number of nitrogens with one attached hydrogen (secondary N) is 1. The predicted molar refractivity (Wildman–Crippen MR) is 283 cm³/mol. The standard InChI is InChI=1S/C56H68BrN9O4S/c1-35(37-17-19-39(20-18-37)49-36(2)58-34-71-49)59-51(68)47-31-42(67)33-64(47)53(70)50(55(3,4)5)65-32-41(61-62-65)14-9-6-7-12-27-63-28-23-38(24-29-63)40-21-22-45-43(30-40)56(25-10-8-11-26-56)54-60-52(69)48-44(57)15-13-16-46(48)66(45)54/h13,15-22,30,32,34-35,38,42,47,50,67H,6-12,14,23-29,31,33H2,1-5H3,(H,59,68)/t35-,42+,47-,50+/m0/s1. The number of amides is 2. The highest BCUT2D eigenvalue weighted by atomic mass is 79.9. The van der Waals surface area contributed by atoms with Gasteiger partial charge in [0.2, 0.25) is 11.8 Å². The van der Waals surface area contributed by atoms with E-state index in [-0.39, 0.29) is 41.8 Å². The fourth-order valence-corrected chi connectivity index (χ4v) is 13.6. The quantitative estimate of drug-likeness (QED) is 0.102. The van der Waals surface area contributed by atoms with Gasteiger partial charge in [0, 0.05) is 23.6 Å². The summed E-state index contributed by atoms with van der Waals surface area (Å²) < 4.78 is 4.76. The van der Waals surface area contributed by atoms with Gasteiger partial charge in [-0.05, 0) is 146 Å². The number of hydrogen-bond donors (Lipinski definition) is 2. The summed E-state index contributed by atoms with van der Waals surface area (Å²) >= 11 is 5.24. The number of carbonyl (C=O) groups is 2. The lowest BCUT2D eigenvalue weighted by molar-refractivity contribution is -0.144. The van der Waals surface area contributed by atoms with Crippen molar-refractivity contribution in [3.8, 4) is 16.1 Å². The Kier molecular flexibility index (Phi) is 14.2.